The lowest BCUT2D eigenvalue weighted by Gasteiger charge is -2.29. The van der Waals surface area contributed by atoms with Crippen LogP contribution < -0.4 is 10.2 Å². The molecule has 0 spiro atoms. The minimum absolute atomic E-state index is 0. The molecule has 0 radical (unpaired) electrons. The summed E-state index contributed by atoms with van der Waals surface area (Å²) < 4.78 is 0. The number of rotatable bonds is 1. The lowest BCUT2D eigenvalue weighted by molar-refractivity contribution is 0.589. The van der Waals surface area contributed by atoms with E-state index in [4.69, 9.17) is 0 Å². The first-order valence-corrected chi connectivity index (χ1v) is 5.46. The predicted octanol–water partition coefficient (Wildman–Crippen LogP) is 2.00. The molecule has 0 aliphatic carbocycles. The van der Waals surface area contributed by atoms with Crippen LogP contribution in [0.5, 0.6) is 0 Å². The van der Waals surface area contributed by atoms with E-state index in [1.165, 1.54) is 16.6 Å². The summed E-state index contributed by atoms with van der Waals surface area (Å²) in [6.07, 6.45) is 1.99. The second-order valence-electron chi connectivity index (χ2n) is 3.99. The van der Waals surface area contributed by atoms with Gasteiger partial charge in [-0.15, -0.1) is 12.4 Å². The van der Waals surface area contributed by atoms with Gasteiger partial charge in [0.1, 0.15) is 0 Å². The van der Waals surface area contributed by atoms with E-state index in [9.17, 15) is 0 Å². The Morgan fingerprint density at radius 2 is 1.88 bits per heavy atom. The van der Waals surface area contributed by atoms with Gasteiger partial charge >= 0.3 is 0 Å². The van der Waals surface area contributed by atoms with Crippen LogP contribution in [-0.4, -0.2) is 31.2 Å². The first-order chi connectivity index (χ1) is 7.43. The van der Waals surface area contributed by atoms with Crippen LogP contribution in [0, 0.1) is 0 Å². The van der Waals surface area contributed by atoms with Crippen molar-refractivity contribution in [3.8, 4) is 0 Å². The van der Waals surface area contributed by atoms with Crippen molar-refractivity contribution in [2.24, 2.45) is 0 Å². The third-order valence-electron chi connectivity index (χ3n) is 3.02. The van der Waals surface area contributed by atoms with Gasteiger partial charge in [-0.05, 0) is 23.6 Å². The number of benzene rings is 1. The first-order valence-electron chi connectivity index (χ1n) is 5.46. The van der Waals surface area contributed by atoms with Crippen molar-refractivity contribution in [2.45, 2.75) is 0 Å². The van der Waals surface area contributed by atoms with Crippen molar-refractivity contribution in [2.75, 3.05) is 31.1 Å². The van der Waals surface area contributed by atoms with Crippen LogP contribution in [0.15, 0.2) is 30.5 Å². The molecule has 3 nitrogen and oxygen atoms in total. The number of fused-ring (bicyclic) bond motifs is 1. The Morgan fingerprint density at radius 3 is 2.69 bits per heavy atom. The fraction of sp³-hybridized carbons (Fsp3) is 0.333. The van der Waals surface area contributed by atoms with E-state index in [0.29, 0.717) is 0 Å². The molecule has 2 heterocycles. The molecule has 2 N–H and O–H groups in total. The van der Waals surface area contributed by atoms with Gasteiger partial charge in [0.05, 0.1) is 0 Å². The molecule has 0 saturated carbocycles. The Morgan fingerprint density at radius 1 is 1.06 bits per heavy atom. The zero-order valence-corrected chi connectivity index (χ0v) is 9.89. The highest BCUT2D eigenvalue weighted by molar-refractivity contribution is 5.85. The summed E-state index contributed by atoms with van der Waals surface area (Å²) in [6.45, 7) is 4.38. The molecule has 86 valence electrons. The van der Waals surface area contributed by atoms with Crippen LogP contribution in [0.25, 0.3) is 10.9 Å². The Hall–Kier alpha value is -1.19. The monoisotopic (exact) mass is 237 g/mol. The van der Waals surface area contributed by atoms with Crippen molar-refractivity contribution < 1.29 is 0 Å². The molecule has 0 atom stereocenters. The fourth-order valence-electron chi connectivity index (χ4n) is 2.16. The van der Waals surface area contributed by atoms with Crippen LogP contribution >= 0.6 is 12.4 Å². The van der Waals surface area contributed by atoms with E-state index in [1.54, 1.807) is 0 Å². The number of halogens is 1. The highest BCUT2D eigenvalue weighted by atomic mass is 35.5. The molecule has 0 unspecified atom stereocenters. The molecule has 4 heteroatoms. The Bertz CT molecular complexity index is 460. The molecule has 1 fully saturated rings. The van der Waals surface area contributed by atoms with E-state index in [-0.39, 0.29) is 12.4 Å². The Labute approximate surface area is 101 Å². The lowest BCUT2D eigenvalue weighted by Crippen LogP contribution is -2.43. The summed E-state index contributed by atoms with van der Waals surface area (Å²) in [5.74, 6) is 0. The summed E-state index contributed by atoms with van der Waals surface area (Å²) in [5.41, 5.74) is 2.55. The van der Waals surface area contributed by atoms with Crippen molar-refractivity contribution in [3.63, 3.8) is 0 Å². The standard InChI is InChI=1S/C12H15N3.ClH/c1-2-11(15-7-5-13-6-8-15)9-12-10(1)3-4-14-12;/h1-4,9,13-14H,5-8H2;1H. The van der Waals surface area contributed by atoms with Crippen LogP contribution in [0.3, 0.4) is 0 Å². The summed E-state index contributed by atoms with van der Waals surface area (Å²) in [5, 5.41) is 4.65. The summed E-state index contributed by atoms with van der Waals surface area (Å²) in [4.78, 5) is 5.68. The molecular weight excluding hydrogens is 222 g/mol. The highest BCUT2D eigenvalue weighted by Gasteiger charge is 2.10. The van der Waals surface area contributed by atoms with Gasteiger partial charge < -0.3 is 15.2 Å². The third kappa shape index (κ3) is 2.01. The van der Waals surface area contributed by atoms with Gasteiger partial charge in [0.15, 0.2) is 0 Å². The molecule has 1 saturated heterocycles. The lowest BCUT2D eigenvalue weighted by atomic mass is 10.2. The Kier molecular flexibility index (Phi) is 3.36. The highest BCUT2D eigenvalue weighted by Crippen LogP contribution is 2.21. The maximum absolute atomic E-state index is 3.37. The second kappa shape index (κ2) is 4.76. The number of piperazine rings is 1. The number of anilines is 1. The van der Waals surface area contributed by atoms with Crippen molar-refractivity contribution in [1.82, 2.24) is 10.3 Å². The third-order valence-corrected chi connectivity index (χ3v) is 3.02. The molecule has 1 aliphatic heterocycles. The van der Waals surface area contributed by atoms with E-state index in [1.807, 2.05) is 6.20 Å². The van der Waals surface area contributed by atoms with Crippen molar-refractivity contribution in [1.29, 1.82) is 0 Å². The largest absolute Gasteiger partial charge is 0.369 e. The van der Waals surface area contributed by atoms with Gasteiger partial charge in [-0.25, -0.2) is 0 Å². The second-order valence-corrected chi connectivity index (χ2v) is 3.99. The van der Waals surface area contributed by atoms with E-state index in [2.05, 4.69) is 39.5 Å². The molecule has 1 aliphatic rings. The van der Waals surface area contributed by atoms with Crippen LogP contribution in [0.2, 0.25) is 0 Å². The van der Waals surface area contributed by atoms with Gasteiger partial charge in [0.25, 0.3) is 0 Å². The van der Waals surface area contributed by atoms with Gasteiger partial charge in [-0.3, -0.25) is 0 Å². The number of nitrogens with one attached hydrogen (secondary N) is 2. The predicted molar refractivity (Wildman–Crippen MR) is 70.6 cm³/mol. The average Bonchev–Trinajstić information content (AvgIpc) is 2.77. The van der Waals surface area contributed by atoms with Crippen LogP contribution in [0.1, 0.15) is 0 Å². The SMILES string of the molecule is Cl.c1cc2ccc(N3CCNCC3)cc2[nH]1. The summed E-state index contributed by atoms with van der Waals surface area (Å²) >= 11 is 0. The maximum atomic E-state index is 3.37. The molecule has 1 aromatic carbocycles. The van der Waals surface area contributed by atoms with E-state index < -0.39 is 0 Å². The van der Waals surface area contributed by atoms with Crippen LogP contribution in [-0.2, 0) is 0 Å². The number of hydrogen-bond donors (Lipinski definition) is 2. The van der Waals surface area contributed by atoms with Gasteiger partial charge in [0.2, 0.25) is 0 Å². The van der Waals surface area contributed by atoms with E-state index in [0.717, 1.165) is 26.2 Å². The average molecular weight is 238 g/mol. The molecule has 0 bridgehead atoms. The quantitative estimate of drug-likeness (QED) is 0.795. The summed E-state index contributed by atoms with van der Waals surface area (Å²) in [7, 11) is 0. The number of hydrogen-bond acceptors (Lipinski definition) is 2. The number of H-pyrrole nitrogens is 1. The number of aromatic nitrogens is 1. The van der Waals surface area contributed by atoms with Gasteiger partial charge in [0, 0.05) is 43.6 Å². The molecule has 2 aromatic rings. The first kappa shape index (κ1) is 11.3. The maximum Gasteiger partial charge on any atom is 0.0474 e. The van der Waals surface area contributed by atoms with Gasteiger partial charge in [-0.2, -0.15) is 0 Å². The molecule has 0 amide bonds. The van der Waals surface area contributed by atoms with Crippen LogP contribution in [0.4, 0.5) is 5.69 Å². The van der Waals surface area contributed by atoms with Crippen molar-refractivity contribution in [3.05, 3.63) is 30.5 Å². The van der Waals surface area contributed by atoms with E-state index >= 15 is 0 Å². The van der Waals surface area contributed by atoms with Crippen molar-refractivity contribution >= 4 is 29.0 Å². The molecular formula is C12H16ClN3. The minimum Gasteiger partial charge on any atom is -0.369 e. The number of nitrogens with zero attached hydrogens (tertiary/aromatic N) is 1. The topological polar surface area (TPSA) is 31.1 Å². The zero-order valence-electron chi connectivity index (χ0n) is 9.07. The minimum atomic E-state index is 0. The smallest absolute Gasteiger partial charge is 0.0474 e. The fourth-order valence-corrected chi connectivity index (χ4v) is 2.16. The summed E-state index contributed by atoms with van der Waals surface area (Å²) in [6, 6.07) is 8.74. The molecule has 1 aromatic heterocycles. The normalized spacial score (nSPS) is 16.1. The molecule has 3 rings (SSSR count). The zero-order chi connectivity index (χ0) is 10.1. The number of aromatic amines is 1. The Balaban J connectivity index is 0.000000963. The van der Waals surface area contributed by atoms with Gasteiger partial charge in [-0.1, -0.05) is 6.07 Å². The molecule has 16 heavy (non-hydrogen) atoms.